The number of H-pyrrole nitrogens is 1. The van der Waals surface area contributed by atoms with E-state index in [1.165, 1.54) is 0 Å². The zero-order valence-corrected chi connectivity index (χ0v) is 16.5. The molecule has 0 aliphatic carbocycles. The predicted octanol–water partition coefficient (Wildman–Crippen LogP) is 1.89. The molecule has 0 bridgehead atoms. The Hall–Kier alpha value is -3.16. The topological polar surface area (TPSA) is 87.1 Å². The van der Waals surface area contributed by atoms with Crippen LogP contribution in [0.15, 0.2) is 35.1 Å². The van der Waals surface area contributed by atoms with Gasteiger partial charge in [0, 0.05) is 50.6 Å². The maximum Gasteiger partial charge on any atom is 0.275 e. The number of carbonyl (C=O) groups is 1. The van der Waals surface area contributed by atoms with Gasteiger partial charge >= 0.3 is 0 Å². The minimum absolute atomic E-state index is 0.0612. The summed E-state index contributed by atoms with van der Waals surface area (Å²) in [6.07, 6.45) is 3.04. The van der Waals surface area contributed by atoms with Crippen molar-refractivity contribution in [2.75, 3.05) is 31.1 Å². The number of fused-ring (bicyclic) bond motifs is 1. The van der Waals surface area contributed by atoms with Gasteiger partial charge in [0.25, 0.3) is 11.5 Å². The third-order valence-electron chi connectivity index (χ3n) is 6.01. The van der Waals surface area contributed by atoms with Gasteiger partial charge < -0.3 is 9.80 Å². The van der Waals surface area contributed by atoms with Crippen LogP contribution in [0.2, 0.25) is 0 Å². The molecule has 1 aromatic carbocycles. The Balaban J connectivity index is 1.38. The quantitative estimate of drug-likeness (QED) is 0.736. The zero-order valence-electron chi connectivity index (χ0n) is 16.5. The number of amides is 1. The van der Waals surface area contributed by atoms with Crippen LogP contribution in [0.4, 0.5) is 5.95 Å². The Morgan fingerprint density at radius 3 is 2.79 bits per heavy atom. The molecule has 2 aliphatic heterocycles. The number of aryl methyl sites for hydroxylation is 1. The standard InChI is InChI=1S/C21H24N6O2/c1-25-17-7-3-2-6-15(17)19(24-25)20(29)27-11-8-14(13-27)16-12-18(28)23-21(22-16)26-9-4-5-10-26/h2-3,6-7,12,14H,4-5,8-11,13H2,1H3,(H,22,23,28). The smallest absolute Gasteiger partial charge is 0.275 e. The van der Waals surface area contributed by atoms with E-state index in [0.29, 0.717) is 24.7 Å². The Morgan fingerprint density at radius 2 is 1.97 bits per heavy atom. The highest BCUT2D eigenvalue weighted by Gasteiger charge is 2.31. The Bertz CT molecular complexity index is 1130. The molecule has 1 unspecified atom stereocenters. The molecule has 8 heteroatoms. The summed E-state index contributed by atoms with van der Waals surface area (Å²) in [4.78, 5) is 36.9. The van der Waals surface area contributed by atoms with E-state index in [1.54, 1.807) is 10.7 Å². The lowest BCUT2D eigenvalue weighted by atomic mass is 10.0. The van der Waals surface area contributed by atoms with E-state index in [-0.39, 0.29) is 17.4 Å². The third-order valence-corrected chi connectivity index (χ3v) is 6.01. The second-order valence-electron chi connectivity index (χ2n) is 7.91. The van der Waals surface area contributed by atoms with Crippen molar-refractivity contribution < 1.29 is 4.79 Å². The fourth-order valence-corrected chi connectivity index (χ4v) is 4.46. The van der Waals surface area contributed by atoms with Gasteiger partial charge in [0.15, 0.2) is 5.69 Å². The number of nitrogens with one attached hydrogen (secondary N) is 1. The first-order valence-corrected chi connectivity index (χ1v) is 10.2. The zero-order chi connectivity index (χ0) is 20.0. The van der Waals surface area contributed by atoms with Crippen LogP contribution in [0.3, 0.4) is 0 Å². The minimum Gasteiger partial charge on any atom is -0.342 e. The number of carbonyl (C=O) groups excluding carboxylic acids is 1. The van der Waals surface area contributed by atoms with E-state index < -0.39 is 0 Å². The summed E-state index contributed by atoms with van der Waals surface area (Å²) < 4.78 is 1.75. The van der Waals surface area contributed by atoms with Crippen molar-refractivity contribution >= 4 is 22.8 Å². The molecule has 2 fully saturated rings. The van der Waals surface area contributed by atoms with E-state index in [9.17, 15) is 9.59 Å². The highest BCUT2D eigenvalue weighted by Crippen LogP contribution is 2.29. The van der Waals surface area contributed by atoms with E-state index in [0.717, 1.165) is 48.9 Å². The summed E-state index contributed by atoms with van der Waals surface area (Å²) in [5.41, 5.74) is 2.08. The maximum atomic E-state index is 13.1. The molecule has 0 spiro atoms. The number of aromatic amines is 1. The SMILES string of the molecule is Cn1nc(C(=O)N2CCC(c3cc(=O)[nH]c(N4CCCC4)n3)C2)c2ccccc21. The van der Waals surface area contributed by atoms with Crippen molar-refractivity contribution in [1.82, 2.24) is 24.6 Å². The molecule has 1 atom stereocenters. The largest absolute Gasteiger partial charge is 0.342 e. The van der Waals surface area contributed by atoms with Crippen LogP contribution in [-0.4, -0.2) is 56.7 Å². The van der Waals surface area contributed by atoms with Crippen molar-refractivity contribution in [3.05, 3.63) is 52.1 Å². The molecular formula is C21H24N6O2. The molecule has 2 saturated heterocycles. The second-order valence-corrected chi connectivity index (χ2v) is 7.91. The number of para-hydroxylation sites is 1. The molecule has 0 saturated carbocycles. The van der Waals surface area contributed by atoms with Gasteiger partial charge in [-0.05, 0) is 25.3 Å². The number of benzene rings is 1. The lowest BCUT2D eigenvalue weighted by molar-refractivity contribution is 0.0786. The number of hydrogen-bond donors (Lipinski definition) is 1. The highest BCUT2D eigenvalue weighted by atomic mass is 16.2. The van der Waals surface area contributed by atoms with Crippen molar-refractivity contribution in [3.63, 3.8) is 0 Å². The van der Waals surface area contributed by atoms with Crippen LogP contribution in [0.1, 0.15) is 41.4 Å². The van der Waals surface area contributed by atoms with Gasteiger partial charge in [-0.25, -0.2) is 4.98 Å². The maximum absolute atomic E-state index is 13.1. The molecule has 8 nitrogen and oxygen atoms in total. The Labute approximate surface area is 168 Å². The number of anilines is 1. The van der Waals surface area contributed by atoms with Crippen molar-refractivity contribution in [2.24, 2.45) is 7.05 Å². The summed E-state index contributed by atoms with van der Waals surface area (Å²) in [5.74, 6) is 0.664. The first kappa shape index (κ1) is 17.9. The molecule has 3 aromatic rings. The molecule has 0 radical (unpaired) electrons. The van der Waals surface area contributed by atoms with E-state index in [4.69, 9.17) is 4.98 Å². The Morgan fingerprint density at radius 1 is 1.17 bits per heavy atom. The molecule has 29 heavy (non-hydrogen) atoms. The lowest BCUT2D eigenvalue weighted by Gasteiger charge is -2.18. The van der Waals surface area contributed by atoms with Gasteiger partial charge in [-0.1, -0.05) is 18.2 Å². The number of rotatable bonds is 3. The summed E-state index contributed by atoms with van der Waals surface area (Å²) in [7, 11) is 1.85. The molecule has 1 N–H and O–H groups in total. The van der Waals surface area contributed by atoms with Crippen LogP contribution in [0.25, 0.3) is 10.9 Å². The van der Waals surface area contributed by atoms with E-state index >= 15 is 0 Å². The summed E-state index contributed by atoms with van der Waals surface area (Å²) >= 11 is 0. The summed E-state index contributed by atoms with van der Waals surface area (Å²) in [6, 6.07) is 9.35. The molecule has 2 aliphatic rings. The number of aromatic nitrogens is 4. The molecule has 2 aromatic heterocycles. The van der Waals surface area contributed by atoms with E-state index in [1.807, 2.05) is 36.2 Å². The van der Waals surface area contributed by atoms with Crippen molar-refractivity contribution in [3.8, 4) is 0 Å². The molecular weight excluding hydrogens is 368 g/mol. The number of nitrogens with zero attached hydrogens (tertiary/aromatic N) is 5. The first-order valence-electron chi connectivity index (χ1n) is 10.2. The van der Waals surface area contributed by atoms with Gasteiger partial charge in [0.2, 0.25) is 5.95 Å². The molecule has 5 rings (SSSR count). The van der Waals surface area contributed by atoms with Crippen molar-refractivity contribution in [1.29, 1.82) is 0 Å². The van der Waals surface area contributed by atoms with Crippen LogP contribution < -0.4 is 10.5 Å². The van der Waals surface area contributed by atoms with Gasteiger partial charge in [-0.2, -0.15) is 5.10 Å². The average Bonchev–Trinajstić information content (AvgIpc) is 3.48. The number of likely N-dealkylation sites (tertiary alicyclic amines) is 1. The van der Waals surface area contributed by atoms with Gasteiger partial charge in [-0.3, -0.25) is 19.3 Å². The van der Waals surface area contributed by atoms with Gasteiger partial charge in [0.05, 0.1) is 11.2 Å². The van der Waals surface area contributed by atoms with Crippen molar-refractivity contribution in [2.45, 2.75) is 25.2 Å². The molecule has 4 heterocycles. The van der Waals surface area contributed by atoms with E-state index in [2.05, 4.69) is 15.0 Å². The minimum atomic E-state index is -0.127. The van der Waals surface area contributed by atoms with Crippen LogP contribution >= 0.6 is 0 Å². The number of hydrogen-bond acceptors (Lipinski definition) is 5. The lowest BCUT2D eigenvalue weighted by Crippen LogP contribution is -2.29. The van der Waals surface area contributed by atoms with Crippen LogP contribution in [0.5, 0.6) is 0 Å². The fourth-order valence-electron chi connectivity index (χ4n) is 4.46. The molecule has 150 valence electrons. The summed E-state index contributed by atoms with van der Waals surface area (Å²) in [5, 5.41) is 5.33. The van der Waals surface area contributed by atoms with Gasteiger partial charge in [-0.15, -0.1) is 0 Å². The predicted molar refractivity (Wildman–Crippen MR) is 110 cm³/mol. The Kier molecular flexibility index (Phi) is 4.34. The summed E-state index contributed by atoms with van der Waals surface area (Å²) in [6.45, 7) is 3.05. The molecule has 1 amide bonds. The first-order chi connectivity index (χ1) is 14.1. The van der Waals surface area contributed by atoms with Crippen LogP contribution in [-0.2, 0) is 7.05 Å². The van der Waals surface area contributed by atoms with Crippen LogP contribution in [0, 0.1) is 0 Å². The normalized spacial score (nSPS) is 19.4. The fraction of sp³-hybridized carbons (Fsp3) is 0.429. The highest BCUT2D eigenvalue weighted by molar-refractivity contribution is 6.04. The third kappa shape index (κ3) is 3.18. The van der Waals surface area contributed by atoms with Gasteiger partial charge in [0.1, 0.15) is 0 Å². The monoisotopic (exact) mass is 392 g/mol. The average molecular weight is 392 g/mol. The second kappa shape index (κ2) is 7.02.